The second kappa shape index (κ2) is 6.48. The van der Waals surface area contributed by atoms with Crippen molar-refractivity contribution in [2.45, 2.75) is 18.4 Å². The highest BCUT2D eigenvalue weighted by Gasteiger charge is 2.42. The summed E-state index contributed by atoms with van der Waals surface area (Å²) in [5.41, 5.74) is 3.34. The van der Waals surface area contributed by atoms with E-state index in [1.165, 1.54) is 11.8 Å². The van der Waals surface area contributed by atoms with E-state index in [0.717, 1.165) is 28.7 Å². The van der Waals surface area contributed by atoms with E-state index in [-0.39, 0.29) is 17.3 Å². The van der Waals surface area contributed by atoms with Gasteiger partial charge in [0.15, 0.2) is 0 Å². The molecule has 142 valence electrons. The number of nitrogens with one attached hydrogen (secondary N) is 1. The van der Waals surface area contributed by atoms with Gasteiger partial charge in [-0.25, -0.2) is 4.39 Å². The van der Waals surface area contributed by atoms with Gasteiger partial charge in [0.1, 0.15) is 5.82 Å². The average Bonchev–Trinajstić information content (AvgIpc) is 3.20. The molecule has 5 rings (SSSR count). The minimum atomic E-state index is -0.291. The van der Waals surface area contributed by atoms with Gasteiger partial charge < -0.3 is 14.8 Å². The van der Waals surface area contributed by atoms with Crippen molar-refractivity contribution < 1.29 is 9.18 Å². The number of carbonyl (C=O) groups excluding carboxylic acids is 1. The molecule has 0 aliphatic carbocycles. The van der Waals surface area contributed by atoms with Gasteiger partial charge in [-0.15, -0.1) is 0 Å². The topological polar surface area (TPSA) is 37.3 Å². The highest BCUT2D eigenvalue weighted by Crippen LogP contribution is 2.43. The highest BCUT2D eigenvalue weighted by molar-refractivity contribution is 9.10. The van der Waals surface area contributed by atoms with Crippen molar-refractivity contribution in [2.75, 3.05) is 18.4 Å². The van der Waals surface area contributed by atoms with Gasteiger partial charge in [-0.1, -0.05) is 15.9 Å². The van der Waals surface area contributed by atoms with E-state index in [0.29, 0.717) is 18.7 Å². The maximum absolute atomic E-state index is 13.8. The third-order valence-corrected chi connectivity index (χ3v) is 6.36. The summed E-state index contributed by atoms with van der Waals surface area (Å²) in [5, 5.41) is 3.60. The van der Waals surface area contributed by atoms with Gasteiger partial charge in [0.25, 0.3) is 5.91 Å². The smallest absolute Gasteiger partial charge is 0.253 e. The first-order valence-corrected chi connectivity index (χ1v) is 10.2. The number of hydrogen-bond donors (Lipinski definition) is 1. The summed E-state index contributed by atoms with van der Waals surface area (Å²) in [6, 6.07) is 16.5. The van der Waals surface area contributed by atoms with Crippen molar-refractivity contribution in [3.05, 3.63) is 82.3 Å². The Bertz CT molecular complexity index is 1050. The third-order valence-electron chi connectivity index (χ3n) is 5.83. The highest BCUT2D eigenvalue weighted by atomic mass is 79.9. The van der Waals surface area contributed by atoms with Crippen molar-refractivity contribution in [3.8, 4) is 5.69 Å². The van der Waals surface area contributed by atoms with E-state index in [1.54, 1.807) is 12.1 Å². The largest absolute Gasteiger partial charge is 0.372 e. The molecule has 3 aromatic rings. The summed E-state index contributed by atoms with van der Waals surface area (Å²) in [4.78, 5) is 14.8. The van der Waals surface area contributed by atoms with E-state index >= 15 is 0 Å². The van der Waals surface area contributed by atoms with Crippen LogP contribution in [0.3, 0.4) is 0 Å². The number of benzene rings is 2. The van der Waals surface area contributed by atoms with Gasteiger partial charge in [-0.05, 0) is 67.4 Å². The molecule has 0 bridgehead atoms. The Hall–Kier alpha value is -2.60. The number of piperidine rings is 1. The van der Waals surface area contributed by atoms with E-state index in [4.69, 9.17) is 0 Å². The van der Waals surface area contributed by atoms with Crippen LogP contribution in [0.4, 0.5) is 10.1 Å². The lowest BCUT2D eigenvalue weighted by Gasteiger charge is -2.46. The van der Waals surface area contributed by atoms with Gasteiger partial charge in [0.05, 0.1) is 16.9 Å². The zero-order valence-corrected chi connectivity index (χ0v) is 16.7. The van der Waals surface area contributed by atoms with Gasteiger partial charge in [-0.3, -0.25) is 4.79 Å². The number of nitrogens with zero attached hydrogens (tertiary/aromatic N) is 2. The molecule has 1 aromatic heterocycles. The van der Waals surface area contributed by atoms with Crippen molar-refractivity contribution in [3.63, 3.8) is 0 Å². The zero-order chi connectivity index (χ0) is 19.3. The Labute approximate surface area is 171 Å². The average molecular weight is 440 g/mol. The predicted molar refractivity (Wildman–Crippen MR) is 110 cm³/mol. The lowest BCUT2D eigenvalue weighted by molar-refractivity contribution is 0.0676. The van der Waals surface area contributed by atoms with Crippen LogP contribution in [-0.2, 0) is 5.54 Å². The fraction of sp³-hybridized carbons (Fsp3) is 0.227. The summed E-state index contributed by atoms with van der Waals surface area (Å²) < 4.78 is 16.9. The van der Waals surface area contributed by atoms with E-state index in [1.807, 2.05) is 41.4 Å². The van der Waals surface area contributed by atoms with Crippen molar-refractivity contribution in [2.24, 2.45) is 0 Å². The van der Waals surface area contributed by atoms with Crippen LogP contribution in [0.1, 0.15) is 28.9 Å². The summed E-state index contributed by atoms with van der Waals surface area (Å²) in [7, 11) is 0. The van der Waals surface area contributed by atoms with Crippen LogP contribution in [0.15, 0.2) is 65.3 Å². The number of fused-ring (bicyclic) bond motifs is 4. The number of anilines is 1. The number of likely N-dealkylation sites (tertiary alicyclic amines) is 1. The van der Waals surface area contributed by atoms with Crippen LogP contribution in [0.25, 0.3) is 5.69 Å². The molecule has 1 fully saturated rings. The monoisotopic (exact) mass is 439 g/mol. The number of carbonyl (C=O) groups is 1. The van der Waals surface area contributed by atoms with Crippen molar-refractivity contribution >= 4 is 27.5 Å². The molecule has 28 heavy (non-hydrogen) atoms. The van der Waals surface area contributed by atoms with Crippen LogP contribution in [0, 0.1) is 5.82 Å². The molecule has 1 N–H and O–H groups in total. The van der Waals surface area contributed by atoms with Crippen LogP contribution in [0.2, 0.25) is 0 Å². The minimum absolute atomic E-state index is 0.0555. The quantitative estimate of drug-likeness (QED) is 0.583. The predicted octanol–water partition coefficient (Wildman–Crippen LogP) is 4.94. The molecule has 2 aliphatic heterocycles. The number of rotatable bonds is 1. The summed E-state index contributed by atoms with van der Waals surface area (Å²) in [6.45, 7) is 1.30. The molecular formula is C22H19BrFN3O. The molecule has 4 nitrogen and oxygen atoms in total. The first-order chi connectivity index (χ1) is 13.6. The Morgan fingerprint density at radius 3 is 2.57 bits per heavy atom. The molecule has 0 saturated carbocycles. The van der Waals surface area contributed by atoms with E-state index < -0.39 is 0 Å². The van der Waals surface area contributed by atoms with Crippen LogP contribution >= 0.6 is 15.9 Å². The first kappa shape index (κ1) is 17.5. The van der Waals surface area contributed by atoms with Gasteiger partial charge in [0, 0.05) is 35.0 Å². The van der Waals surface area contributed by atoms with Gasteiger partial charge in [0.2, 0.25) is 0 Å². The maximum Gasteiger partial charge on any atom is 0.253 e. The van der Waals surface area contributed by atoms with E-state index in [2.05, 4.69) is 31.9 Å². The lowest BCUT2D eigenvalue weighted by Crippen LogP contribution is -2.51. The second-order valence-electron chi connectivity index (χ2n) is 7.43. The maximum atomic E-state index is 13.8. The van der Waals surface area contributed by atoms with Crippen LogP contribution in [-0.4, -0.2) is 28.5 Å². The Balaban J connectivity index is 1.41. The summed E-state index contributed by atoms with van der Waals surface area (Å²) in [6.07, 6.45) is 3.57. The Morgan fingerprint density at radius 1 is 1.07 bits per heavy atom. The van der Waals surface area contributed by atoms with Crippen molar-refractivity contribution in [1.82, 2.24) is 9.47 Å². The van der Waals surface area contributed by atoms with Crippen LogP contribution < -0.4 is 5.32 Å². The normalized spacial score (nSPS) is 17.0. The number of hydrogen-bond acceptors (Lipinski definition) is 2. The van der Waals surface area contributed by atoms with Crippen LogP contribution in [0.5, 0.6) is 0 Å². The SMILES string of the molecule is O=C(c1ccc(Br)cc1)N1CCC2(CC1)Nc1cc(F)ccc1-n1cccc12. The third kappa shape index (κ3) is 2.75. The second-order valence-corrected chi connectivity index (χ2v) is 8.35. The first-order valence-electron chi connectivity index (χ1n) is 9.37. The Kier molecular flexibility index (Phi) is 4.05. The molecule has 0 unspecified atom stereocenters. The van der Waals surface area contributed by atoms with Gasteiger partial charge in [-0.2, -0.15) is 0 Å². The molecule has 3 heterocycles. The molecule has 1 spiro atoms. The fourth-order valence-electron chi connectivity index (χ4n) is 4.37. The summed E-state index contributed by atoms with van der Waals surface area (Å²) in [5.74, 6) is -0.195. The molecule has 0 radical (unpaired) electrons. The molecule has 2 aromatic carbocycles. The molecule has 1 saturated heterocycles. The minimum Gasteiger partial charge on any atom is -0.372 e. The lowest BCUT2D eigenvalue weighted by atomic mass is 9.82. The zero-order valence-electron chi connectivity index (χ0n) is 15.2. The fourth-order valence-corrected chi connectivity index (χ4v) is 4.63. The molecule has 2 aliphatic rings. The van der Waals surface area contributed by atoms with Gasteiger partial charge >= 0.3 is 0 Å². The summed E-state index contributed by atoms with van der Waals surface area (Å²) >= 11 is 3.41. The number of aromatic nitrogens is 1. The number of halogens is 2. The molecular weight excluding hydrogens is 421 g/mol. The standard InChI is InChI=1S/C22H19BrFN3O/c23-16-5-3-15(4-6-16)21(28)26-12-9-22(10-13-26)20-2-1-11-27(20)19-8-7-17(24)14-18(19)25-22/h1-8,11,14,25H,9-10,12-13H2. The van der Waals surface area contributed by atoms with E-state index in [9.17, 15) is 9.18 Å². The molecule has 1 amide bonds. The Morgan fingerprint density at radius 2 is 1.82 bits per heavy atom. The van der Waals surface area contributed by atoms with Crippen molar-refractivity contribution in [1.29, 1.82) is 0 Å². The molecule has 6 heteroatoms. The molecule has 0 atom stereocenters. The number of amides is 1.